The molecule has 4 heterocycles. The number of nitrogens with zero attached hydrogens (tertiary/aromatic N) is 4. The van der Waals surface area contributed by atoms with E-state index in [1.54, 1.807) is 23.4 Å². The molecule has 2 amide bonds. The van der Waals surface area contributed by atoms with Crippen LogP contribution in [0, 0.1) is 5.41 Å². The van der Waals surface area contributed by atoms with Gasteiger partial charge in [0.15, 0.2) is 5.69 Å². The van der Waals surface area contributed by atoms with Crippen LogP contribution >= 0.6 is 0 Å². The third-order valence-corrected chi connectivity index (χ3v) is 6.06. The molecular weight excluding hydrogens is 344 g/mol. The molecule has 5 rings (SSSR count). The smallest absolute Gasteiger partial charge is 0.276 e. The summed E-state index contributed by atoms with van der Waals surface area (Å²) in [4.78, 5) is 33.9. The van der Waals surface area contributed by atoms with Crippen LogP contribution in [0.3, 0.4) is 0 Å². The number of carbonyl (C=O) groups is 2. The van der Waals surface area contributed by atoms with Gasteiger partial charge in [0.1, 0.15) is 5.76 Å². The molecule has 0 N–H and O–H groups in total. The molecule has 27 heavy (non-hydrogen) atoms. The topological polar surface area (TPSA) is 79.5 Å². The van der Waals surface area contributed by atoms with Gasteiger partial charge in [0.05, 0.1) is 17.3 Å². The number of pyridine rings is 1. The molecule has 3 aliphatic rings. The molecule has 2 aliphatic heterocycles. The second-order valence-electron chi connectivity index (χ2n) is 7.92. The van der Waals surface area contributed by atoms with Crippen LogP contribution in [-0.4, -0.2) is 46.5 Å². The van der Waals surface area contributed by atoms with Crippen molar-refractivity contribution in [3.63, 3.8) is 0 Å². The highest BCUT2D eigenvalue weighted by Crippen LogP contribution is 2.43. The van der Waals surface area contributed by atoms with E-state index in [-0.39, 0.29) is 11.8 Å². The number of amides is 2. The lowest BCUT2D eigenvalue weighted by molar-refractivity contribution is -0.127. The highest BCUT2D eigenvalue weighted by Gasteiger charge is 2.50. The third-order valence-electron chi connectivity index (χ3n) is 6.06. The first-order valence-corrected chi connectivity index (χ1v) is 9.64. The van der Waals surface area contributed by atoms with Crippen molar-refractivity contribution in [1.82, 2.24) is 15.0 Å². The molecule has 140 valence electrons. The van der Waals surface area contributed by atoms with Crippen molar-refractivity contribution in [1.29, 1.82) is 0 Å². The number of hydrogen-bond acceptors (Lipinski definition) is 5. The largest absolute Gasteiger partial charge is 0.360 e. The van der Waals surface area contributed by atoms with Gasteiger partial charge in [0, 0.05) is 37.8 Å². The summed E-state index contributed by atoms with van der Waals surface area (Å²) in [7, 11) is 0. The van der Waals surface area contributed by atoms with Gasteiger partial charge in [-0.3, -0.25) is 14.6 Å². The summed E-state index contributed by atoms with van der Waals surface area (Å²) in [5, 5.41) is 3.98. The lowest BCUT2D eigenvalue weighted by atomic mass is 9.78. The fourth-order valence-corrected chi connectivity index (χ4v) is 4.38. The lowest BCUT2D eigenvalue weighted by Gasteiger charge is -2.38. The van der Waals surface area contributed by atoms with Crippen molar-refractivity contribution in [3.8, 4) is 0 Å². The van der Waals surface area contributed by atoms with E-state index in [1.807, 2.05) is 17.0 Å². The fourth-order valence-electron chi connectivity index (χ4n) is 4.38. The highest BCUT2D eigenvalue weighted by molar-refractivity contribution is 6.01. The first-order chi connectivity index (χ1) is 13.2. The Morgan fingerprint density at radius 2 is 2.15 bits per heavy atom. The minimum atomic E-state index is -0.493. The van der Waals surface area contributed by atoms with Gasteiger partial charge in [0.2, 0.25) is 5.91 Å². The fraction of sp³-hybridized carbons (Fsp3) is 0.500. The van der Waals surface area contributed by atoms with Gasteiger partial charge < -0.3 is 14.3 Å². The zero-order valence-electron chi connectivity index (χ0n) is 15.1. The van der Waals surface area contributed by atoms with Gasteiger partial charge in [-0.2, -0.15) is 0 Å². The van der Waals surface area contributed by atoms with Crippen LogP contribution in [0.25, 0.3) is 0 Å². The van der Waals surface area contributed by atoms with Crippen LogP contribution in [0.1, 0.15) is 54.3 Å². The lowest BCUT2D eigenvalue weighted by Crippen LogP contribution is -2.50. The molecule has 7 nitrogen and oxygen atoms in total. The van der Waals surface area contributed by atoms with E-state index >= 15 is 0 Å². The van der Waals surface area contributed by atoms with Crippen LogP contribution in [0.2, 0.25) is 0 Å². The molecule has 2 saturated heterocycles. The Morgan fingerprint density at radius 3 is 2.93 bits per heavy atom. The van der Waals surface area contributed by atoms with Gasteiger partial charge in [-0.25, -0.2) is 0 Å². The summed E-state index contributed by atoms with van der Waals surface area (Å²) in [6, 6.07) is 5.52. The van der Waals surface area contributed by atoms with E-state index in [9.17, 15) is 9.59 Å². The van der Waals surface area contributed by atoms with Crippen LogP contribution in [-0.2, 0) is 4.79 Å². The highest BCUT2D eigenvalue weighted by atomic mass is 16.5. The SMILES string of the molecule is O=C(c1cc(C2CC2)on1)N1CCCC2(CCN(c3cccnc3)C2=O)C1. The molecule has 2 aromatic rings. The average Bonchev–Trinajstić information content (AvgIpc) is 3.37. The van der Waals surface area contributed by atoms with Crippen LogP contribution < -0.4 is 4.90 Å². The molecule has 1 aliphatic carbocycles. The second-order valence-corrected chi connectivity index (χ2v) is 7.92. The van der Waals surface area contributed by atoms with Gasteiger partial charge >= 0.3 is 0 Å². The molecule has 1 unspecified atom stereocenters. The monoisotopic (exact) mass is 366 g/mol. The summed E-state index contributed by atoms with van der Waals surface area (Å²) < 4.78 is 5.33. The van der Waals surface area contributed by atoms with Crippen molar-refractivity contribution in [2.45, 2.75) is 38.0 Å². The van der Waals surface area contributed by atoms with Crippen molar-refractivity contribution in [2.24, 2.45) is 5.41 Å². The Morgan fingerprint density at radius 1 is 1.26 bits per heavy atom. The van der Waals surface area contributed by atoms with Gasteiger partial charge in [-0.15, -0.1) is 0 Å². The van der Waals surface area contributed by atoms with E-state index in [0.717, 1.165) is 43.6 Å². The number of hydrogen-bond donors (Lipinski definition) is 0. The van der Waals surface area contributed by atoms with E-state index in [1.165, 1.54) is 0 Å². The molecule has 0 aromatic carbocycles. The molecule has 1 spiro atoms. The Bertz CT molecular complexity index is 876. The maximum atomic E-state index is 13.2. The first-order valence-electron chi connectivity index (χ1n) is 9.64. The number of anilines is 1. The molecule has 1 atom stereocenters. The maximum Gasteiger partial charge on any atom is 0.276 e. The van der Waals surface area contributed by atoms with E-state index < -0.39 is 5.41 Å². The molecule has 1 saturated carbocycles. The zero-order chi connectivity index (χ0) is 18.4. The van der Waals surface area contributed by atoms with Crippen molar-refractivity contribution in [3.05, 3.63) is 42.0 Å². The summed E-state index contributed by atoms with van der Waals surface area (Å²) in [5.41, 5.74) is 0.698. The Kier molecular flexibility index (Phi) is 3.77. The molecular formula is C20H22N4O3. The van der Waals surface area contributed by atoms with Gasteiger partial charge in [-0.05, 0) is 44.2 Å². The molecule has 3 fully saturated rings. The van der Waals surface area contributed by atoms with Gasteiger partial charge in [-0.1, -0.05) is 5.16 Å². The summed E-state index contributed by atoms with van der Waals surface area (Å²) in [5.74, 6) is 1.21. The zero-order valence-corrected chi connectivity index (χ0v) is 15.1. The molecule has 2 aromatic heterocycles. The minimum Gasteiger partial charge on any atom is -0.360 e. The molecule has 0 radical (unpaired) electrons. The number of rotatable bonds is 3. The van der Waals surface area contributed by atoms with Crippen LogP contribution in [0.15, 0.2) is 35.1 Å². The Balaban J connectivity index is 1.34. The first kappa shape index (κ1) is 16.5. The van der Waals surface area contributed by atoms with Crippen LogP contribution in [0.4, 0.5) is 5.69 Å². The van der Waals surface area contributed by atoms with E-state index in [2.05, 4.69) is 10.1 Å². The number of likely N-dealkylation sites (tertiary alicyclic amines) is 1. The molecule has 0 bridgehead atoms. The van der Waals surface area contributed by atoms with E-state index in [0.29, 0.717) is 31.2 Å². The normalized spacial score (nSPS) is 25.4. The third kappa shape index (κ3) is 2.81. The predicted octanol–water partition coefficient (Wildman–Crippen LogP) is 2.61. The predicted molar refractivity (Wildman–Crippen MR) is 97.3 cm³/mol. The maximum absolute atomic E-state index is 13.2. The standard InChI is InChI=1S/C20H22N4O3/c25-18(16-11-17(27-22-16)14-4-5-14)23-9-2-6-20(13-23)7-10-24(19(20)26)15-3-1-8-21-12-15/h1,3,8,11-12,14H,2,4-7,9-10,13H2. The van der Waals surface area contributed by atoms with Crippen molar-refractivity contribution >= 4 is 17.5 Å². The number of aromatic nitrogens is 2. The summed E-state index contributed by atoms with van der Waals surface area (Å²) in [6.07, 6.45) is 8.04. The number of carbonyl (C=O) groups excluding carboxylic acids is 2. The summed E-state index contributed by atoms with van der Waals surface area (Å²) in [6.45, 7) is 1.78. The Hall–Kier alpha value is -2.70. The van der Waals surface area contributed by atoms with Crippen molar-refractivity contribution in [2.75, 3.05) is 24.5 Å². The second kappa shape index (κ2) is 6.18. The van der Waals surface area contributed by atoms with E-state index in [4.69, 9.17) is 4.52 Å². The average molecular weight is 366 g/mol. The quantitative estimate of drug-likeness (QED) is 0.834. The minimum absolute atomic E-state index is 0.104. The van der Waals surface area contributed by atoms with Crippen LogP contribution in [0.5, 0.6) is 0 Å². The Labute approximate surface area is 157 Å². The van der Waals surface area contributed by atoms with Crippen molar-refractivity contribution < 1.29 is 14.1 Å². The number of piperidine rings is 1. The molecule has 7 heteroatoms. The summed E-state index contributed by atoms with van der Waals surface area (Å²) >= 11 is 0. The van der Waals surface area contributed by atoms with Gasteiger partial charge in [0.25, 0.3) is 5.91 Å².